The molecular formula is C8H6BrClF2N2. The van der Waals surface area contributed by atoms with Gasteiger partial charge in [0.1, 0.15) is 10.7 Å². The fourth-order valence-corrected chi connectivity index (χ4v) is 1.94. The molecule has 6 heteroatoms. The quantitative estimate of drug-likeness (QED) is 0.805. The van der Waals surface area contributed by atoms with Crippen LogP contribution in [0.5, 0.6) is 0 Å². The molecule has 1 aromatic heterocycles. The highest BCUT2D eigenvalue weighted by molar-refractivity contribution is 9.10. The standard InChI is InChI=1S/C8H6BrClF2N2/c9-4-1-5(6(10)14-2-4)7(13)3-8(7,11)12/h1-2H,3,13H2. The van der Waals surface area contributed by atoms with Gasteiger partial charge in [-0.2, -0.15) is 0 Å². The molecule has 1 aromatic rings. The Kier molecular flexibility index (Phi) is 2.10. The predicted octanol–water partition coefficient (Wildman–Crippen LogP) is 2.69. The van der Waals surface area contributed by atoms with E-state index in [0.717, 1.165) is 0 Å². The van der Waals surface area contributed by atoms with Crippen molar-refractivity contribution in [2.75, 3.05) is 0 Å². The van der Waals surface area contributed by atoms with Gasteiger partial charge in [0.15, 0.2) is 0 Å². The molecule has 1 saturated carbocycles. The molecule has 0 aromatic carbocycles. The van der Waals surface area contributed by atoms with Crippen LogP contribution in [0.25, 0.3) is 0 Å². The maximum Gasteiger partial charge on any atom is 0.272 e. The molecule has 2 rings (SSSR count). The first-order valence-corrected chi connectivity index (χ1v) is 5.02. The van der Waals surface area contributed by atoms with Gasteiger partial charge in [0.05, 0.1) is 0 Å². The van der Waals surface area contributed by atoms with Crippen LogP contribution in [0.4, 0.5) is 8.78 Å². The summed E-state index contributed by atoms with van der Waals surface area (Å²) in [6.07, 6.45) is 1.06. The Balaban J connectivity index is 2.48. The van der Waals surface area contributed by atoms with Gasteiger partial charge in [-0.05, 0) is 22.0 Å². The molecule has 2 nitrogen and oxygen atoms in total. The summed E-state index contributed by atoms with van der Waals surface area (Å²) in [5, 5.41) is 0.0351. The summed E-state index contributed by atoms with van der Waals surface area (Å²) in [6.45, 7) is 0. The minimum absolute atomic E-state index is 0.0351. The Hall–Kier alpha value is -0.260. The summed E-state index contributed by atoms with van der Waals surface area (Å²) in [4.78, 5) is 3.76. The topological polar surface area (TPSA) is 38.9 Å². The van der Waals surface area contributed by atoms with E-state index in [0.29, 0.717) is 4.47 Å². The lowest BCUT2D eigenvalue weighted by molar-refractivity contribution is 0.0890. The molecule has 2 N–H and O–H groups in total. The predicted molar refractivity (Wildman–Crippen MR) is 52.4 cm³/mol. The van der Waals surface area contributed by atoms with Crippen LogP contribution in [0, 0.1) is 0 Å². The van der Waals surface area contributed by atoms with Gasteiger partial charge in [-0.3, -0.25) is 0 Å². The van der Waals surface area contributed by atoms with Gasteiger partial charge in [0.25, 0.3) is 5.92 Å². The first kappa shape index (κ1) is 10.3. The number of halogens is 4. The summed E-state index contributed by atoms with van der Waals surface area (Å²) in [6, 6.07) is 1.48. The van der Waals surface area contributed by atoms with E-state index < -0.39 is 11.5 Å². The number of rotatable bonds is 1. The minimum atomic E-state index is -2.88. The van der Waals surface area contributed by atoms with Crippen LogP contribution in [0.15, 0.2) is 16.7 Å². The van der Waals surface area contributed by atoms with Crippen molar-refractivity contribution in [2.24, 2.45) is 5.73 Å². The normalized spacial score (nSPS) is 28.9. The molecule has 0 spiro atoms. The number of hydrogen-bond donors (Lipinski definition) is 1. The fourth-order valence-electron chi connectivity index (χ4n) is 1.33. The van der Waals surface area contributed by atoms with Crippen LogP contribution < -0.4 is 5.73 Å². The third-order valence-electron chi connectivity index (χ3n) is 2.31. The highest BCUT2D eigenvalue weighted by Crippen LogP contribution is 2.58. The molecule has 0 aliphatic heterocycles. The summed E-state index contributed by atoms with van der Waals surface area (Å²) >= 11 is 8.84. The Bertz CT molecular complexity index is 399. The second-order valence-corrected chi connectivity index (χ2v) is 4.62. The smallest absolute Gasteiger partial charge is 0.272 e. The molecule has 1 unspecified atom stereocenters. The zero-order valence-electron chi connectivity index (χ0n) is 6.90. The van der Waals surface area contributed by atoms with Gasteiger partial charge in [-0.15, -0.1) is 0 Å². The zero-order chi connectivity index (χ0) is 10.6. The van der Waals surface area contributed by atoms with Gasteiger partial charge in [0, 0.05) is 22.7 Å². The van der Waals surface area contributed by atoms with Crippen LogP contribution in [0.1, 0.15) is 12.0 Å². The highest BCUT2D eigenvalue weighted by Gasteiger charge is 2.70. The Morgan fingerprint density at radius 3 is 2.64 bits per heavy atom. The third kappa shape index (κ3) is 1.34. The molecule has 1 aliphatic rings. The van der Waals surface area contributed by atoms with Crippen LogP contribution >= 0.6 is 27.5 Å². The van der Waals surface area contributed by atoms with Crippen molar-refractivity contribution in [2.45, 2.75) is 17.9 Å². The lowest BCUT2D eigenvalue weighted by atomic mass is 10.1. The summed E-state index contributed by atoms with van der Waals surface area (Å²) < 4.78 is 26.5. The van der Waals surface area contributed by atoms with Crippen LogP contribution in [0.2, 0.25) is 5.15 Å². The first-order chi connectivity index (χ1) is 6.37. The molecule has 14 heavy (non-hydrogen) atoms. The van der Waals surface area contributed by atoms with Gasteiger partial charge in [0.2, 0.25) is 0 Å². The third-order valence-corrected chi connectivity index (χ3v) is 3.05. The van der Waals surface area contributed by atoms with Gasteiger partial charge >= 0.3 is 0 Å². The molecule has 1 aliphatic carbocycles. The minimum Gasteiger partial charge on any atom is -0.316 e. The van der Waals surface area contributed by atoms with Crippen LogP contribution in [-0.2, 0) is 5.54 Å². The van der Waals surface area contributed by atoms with Crippen molar-refractivity contribution in [3.63, 3.8) is 0 Å². The van der Waals surface area contributed by atoms with Crippen molar-refractivity contribution >= 4 is 27.5 Å². The van der Waals surface area contributed by atoms with Crippen LogP contribution in [-0.4, -0.2) is 10.9 Å². The summed E-state index contributed by atoms with van der Waals surface area (Å²) in [5.41, 5.74) is 4.08. The van der Waals surface area contributed by atoms with E-state index in [2.05, 4.69) is 20.9 Å². The Labute approximate surface area is 92.6 Å². The van der Waals surface area contributed by atoms with Crippen molar-refractivity contribution in [1.29, 1.82) is 0 Å². The molecule has 0 saturated heterocycles. The number of nitrogens with two attached hydrogens (primary N) is 1. The monoisotopic (exact) mass is 282 g/mol. The van der Waals surface area contributed by atoms with Gasteiger partial charge in [-0.25, -0.2) is 13.8 Å². The maximum atomic E-state index is 13.0. The molecule has 1 heterocycles. The maximum absolute atomic E-state index is 13.0. The molecule has 0 amide bonds. The summed E-state index contributed by atoms with van der Waals surface area (Å²) in [7, 11) is 0. The second kappa shape index (κ2) is 2.87. The summed E-state index contributed by atoms with van der Waals surface area (Å²) in [5.74, 6) is -2.88. The van der Waals surface area contributed by atoms with E-state index >= 15 is 0 Å². The van der Waals surface area contributed by atoms with E-state index in [9.17, 15) is 8.78 Å². The van der Waals surface area contributed by atoms with E-state index in [4.69, 9.17) is 17.3 Å². The Morgan fingerprint density at radius 2 is 2.14 bits per heavy atom. The number of pyridine rings is 1. The lowest BCUT2D eigenvalue weighted by Gasteiger charge is -2.12. The number of hydrogen-bond acceptors (Lipinski definition) is 2. The van der Waals surface area contributed by atoms with E-state index in [1.54, 1.807) is 0 Å². The first-order valence-electron chi connectivity index (χ1n) is 3.85. The van der Waals surface area contributed by atoms with Crippen molar-refractivity contribution in [3.05, 3.63) is 27.5 Å². The van der Waals surface area contributed by atoms with Gasteiger partial charge < -0.3 is 5.73 Å². The van der Waals surface area contributed by atoms with Crippen LogP contribution in [0.3, 0.4) is 0 Å². The largest absolute Gasteiger partial charge is 0.316 e. The SMILES string of the molecule is NC1(c2cc(Br)cnc2Cl)CC1(F)F. The number of alkyl halides is 2. The van der Waals surface area contributed by atoms with Crippen molar-refractivity contribution < 1.29 is 8.78 Å². The number of nitrogens with zero attached hydrogens (tertiary/aromatic N) is 1. The average Bonchev–Trinajstić information content (AvgIpc) is 2.58. The molecule has 76 valence electrons. The molecule has 1 fully saturated rings. The fraction of sp³-hybridized carbons (Fsp3) is 0.375. The molecular weight excluding hydrogens is 277 g/mol. The molecule has 0 bridgehead atoms. The average molecular weight is 284 g/mol. The van der Waals surface area contributed by atoms with E-state index in [-0.39, 0.29) is 17.1 Å². The second-order valence-electron chi connectivity index (χ2n) is 3.34. The molecule has 1 atom stereocenters. The molecule has 0 radical (unpaired) electrons. The highest BCUT2D eigenvalue weighted by atomic mass is 79.9. The lowest BCUT2D eigenvalue weighted by Crippen LogP contribution is -2.27. The number of aromatic nitrogens is 1. The van der Waals surface area contributed by atoms with Crippen molar-refractivity contribution in [1.82, 2.24) is 4.98 Å². The van der Waals surface area contributed by atoms with E-state index in [1.165, 1.54) is 12.3 Å². The zero-order valence-corrected chi connectivity index (χ0v) is 9.24. The van der Waals surface area contributed by atoms with E-state index in [1.807, 2.05) is 0 Å². The van der Waals surface area contributed by atoms with Gasteiger partial charge in [-0.1, -0.05) is 11.6 Å². The Morgan fingerprint density at radius 1 is 1.57 bits per heavy atom. The van der Waals surface area contributed by atoms with Crippen molar-refractivity contribution in [3.8, 4) is 0 Å².